The van der Waals surface area contributed by atoms with Gasteiger partial charge in [-0.2, -0.15) is 0 Å². The van der Waals surface area contributed by atoms with E-state index in [9.17, 15) is 9.59 Å². The monoisotopic (exact) mass is 403 g/mol. The van der Waals surface area contributed by atoms with Crippen molar-refractivity contribution in [1.29, 1.82) is 0 Å². The summed E-state index contributed by atoms with van der Waals surface area (Å²) in [5.41, 5.74) is 1.21. The van der Waals surface area contributed by atoms with Gasteiger partial charge in [-0.25, -0.2) is 4.79 Å². The summed E-state index contributed by atoms with van der Waals surface area (Å²) in [5, 5.41) is 0.647. The number of amides is 1. The van der Waals surface area contributed by atoms with Crippen LogP contribution in [0.2, 0.25) is 5.02 Å². The molecule has 0 aliphatic heterocycles. The van der Waals surface area contributed by atoms with Gasteiger partial charge in [-0.05, 0) is 57.5 Å². The normalized spacial score (nSPS) is 10.8. The maximum atomic E-state index is 12.5. The van der Waals surface area contributed by atoms with Crippen molar-refractivity contribution in [2.75, 3.05) is 6.61 Å². The Hall–Kier alpha value is -2.53. The fourth-order valence-electron chi connectivity index (χ4n) is 2.95. The van der Waals surface area contributed by atoms with Crippen LogP contribution in [0, 0.1) is 0 Å². The van der Waals surface area contributed by atoms with E-state index in [1.54, 1.807) is 41.3 Å². The zero-order valence-corrected chi connectivity index (χ0v) is 17.4. The number of benzene rings is 2. The molecular weight excluding hydrogens is 378 g/mol. The van der Waals surface area contributed by atoms with Gasteiger partial charge in [-0.3, -0.25) is 4.79 Å². The molecule has 28 heavy (non-hydrogen) atoms. The van der Waals surface area contributed by atoms with Gasteiger partial charge >= 0.3 is 5.97 Å². The number of nitrogens with zero attached hydrogens (tertiary/aromatic N) is 1. The summed E-state index contributed by atoms with van der Waals surface area (Å²) in [6.45, 7) is 7.70. The first-order chi connectivity index (χ1) is 13.3. The summed E-state index contributed by atoms with van der Waals surface area (Å²) < 4.78 is 11.0. The quantitative estimate of drug-likeness (QED) is 0.598. The smallest absolute Gasteiger partial charge is 0.342 e. The zero-order chi connectivity index (χ0) is 20.7. The van der Waals surface area contributed by atoms with E-state index in [-0.39, 0.29) is 36.8 Å². The number of esters is 1. The second-order valence-corrected chi connectivity index (χ2v) is 7.41. The van der Waals surface area contributed by atoms with Crippen LogP contribution in [0.15, 0.2) is 48.5 Å². The average Bonchev–Trinajstić information content (AvgIpc) is 2.65. The molecule has 0 aliphatic rings. The molecule has 0 bridgehead atoms. The van der Waals surface area contributed by atoms with E-state index in [1.807, 2.05) is 39.8 Å². The van der Waals surface area contributed by atoms with Gasteiger partial charge in [-0.15, -0.1) is 0 Å². The van der Waals surface area contributed by atoms with E-state index >= 15 is 0 Å². The molecular formula is C22H26ClNO4. The Labute approximate surface area is 171 Å². The van der Waals surface area contributed by atoms with Gasteiger partial charge in [-0.1, -0.05) is 35.9 Å². The molecule has 0 heterocycles. The van der Waals surface area contributed by atoms with Crippen molar-refractivity contribution < 1.29 is 19.1 Å². The maximum absolute atomic E-state index is 12.5. The number of rotatable bonds is 8. The van der Waals surface area contributed by atoms with Gasteiger partial charge < -0.3 is 14.4 Å². The molecule has 0 unspecified atom stereocenters. The fraction of sp³-hybridized carbons (Fsp3) is 0.364. The van der Waals surface area contributed by atoms with Crippen molar-refractivity contribution in [3.05, 3.63) is 64.7 Å². The van der Waals surface area contributed by atoms with Crippen LogP contribution in [-0.2, 0) is 16.1 Å². The SMILES string of the molecule is CC(C)N(C(=O)COC(=O)c1ccccc1OCc1ccc(Cl)cc1)C(C)C. The van der Waals surface area contributed by atoms with E-state index in [4.69, 9.17) is 21.1 Å². The van der Waals surface area contributed by atoms with Crippen LogP contribution in [-0.4, -0.2) is 35.5 Å². The number of ether oxygens (including phenoxy) is 2. The molecule has 2 aromatic rings. The molecule has 0 saturated carbocycles. The number of hydrogen-bond acceptors (Lipinski definition) is 4. The average molecular weight is 404 g/mol. The summed E-state index contributed by atoms with van der Waals surface area (Å²) in [5.74, 6) is -0.412. The summed E-state index contributed by atoms with van der Waals surface area (Å²) >= 11 is 5.88. The third kappa shape index (κ3) is 5.99. The van der Waals surface area contributed by atoms with Gasteiger partial charge in [0.15, 0.2) is 6.61 Å². The van der Waals surface area contributed by atoms with Crippen LogP contribution in [0.5, 0.6) is 5.75 Å². The van der Waals surface area contributed by atoms with Crippen molar-refractivity contribution in [1.82, 2.24) is 4.90 Å². The van der Waals surface area contributed by atoms with E-state index in [2.05, 4.69) is 0 Å². The van der Waals surface area contributed by atoms with Crippen LogP contribution in [0.3, 0.4) is 0 Å². The third-order valence-corrected chi connectivity index (χ3v) is 4.39. The first-order valence-corrected chi connectivity index (χ1v) is 9.62. The standard InChI is InChI=1S/C22H26ClNO4/c1-15(2)24(16(3)4)21(25)14-28-22(26)19-7-5-6-8-20(19)27-13-17-9-11-18(23)12-10-17/h5-12,15-16H,13-14H2,1-4H3. The molecule has 0 saturated heterocycles. The van der Waals surface area contributed by atoms with Crippen molar-refractivity contribution >= 4 is 23.5 Å². The van der Waals surface area contributed by atoms with Crippen molar-refractivity contribution in [3.63, 3.8) is 0 Å². The highest BCUT2D eigenvalue weighted by Gasteiger charge is 2.22. The molecule has 0 spiro atoms. The van der Waals surface area contributed by atoms with Crippen LogP contribution in [0.4, 0.5) is 0 Å². The molecule has 6 heteroatoms. The van der Waals surface area contributed by atoms with E-state index < -0.39 is 5.97 Å². The number of halogens is 1. The molecule has 2 rings (SSSR count). The Morgan fingerprint density at radius 3 is 2.18 bits per heavy atom. The first kappa shape index (κ1) is 21.8. The van der Waals surface area contributed by atoms with Crippen molar-refractivity contribution in [2.45, 2.75) is 46.4 Å². The van der Waals surface area contributed by atoms with Gasteiger partial charge in [0.25, 0.3) is 5.91 Å². The number of para-hydroxylation sites is 1. The van der Waals surface area contributed by atoms with Gasteiger partial charge in [0, 0.05) is 17.1 Å². The molecule has 150 valence electrons. The van der Waals surface area contributed by atoms with Gasteiger partial charge in [0.05, 0.1) is 0 Å². The Morgan fingerprint density at radius 1 is 0.964 bits per heavy atom. The van der Waals surface area contributed by atoms with Crippen LogP contribution in [0.25, 0.3) is 0 Å². The summed E-state index contributed by atoms with van der Waals surface area (Å²) in [4.78, 5) is 26.6. The highest BCUT2D eigenvalue weighted by molar-refractivity contribution is 6.30. The zero-order valence-electron chi connectivity index (χ0n) is 16.6. The molecule has 0 atom stereocenters. The maximum Gasteiger partial charge on any atom is 0.342 e. The molecule has 1 amide bonds. The Kier molecular flexibility index (Phi) is 7.88. The predicted octanol–water partition coefficient (Wildman–Crippen LogP) is 4.72. The molecule has 0 aliphatic carbocycles. The van der Waals surface area contributed by atoms with Crippen molar-refractivity contribution in [2.24, 2.45) is 0 Å². The molecule has 0 N–H and O–H groups in total. The van der Waals surface area contributed by atoms with E-state index in [1.165, 1.54) is 0 Å². The third-order valence-electron chi connectivity index (χ3n) is 4.14. The number of carbonyl (C=O) groups is 2. The minimum Gasteiger partial charge on any atom is -0.488 e. The Bertz CT molecular complexity index is 794. The minimum absolute atomic E-state index is 0.0289. The van der Waals surface area contributed by atoms with E-state index in [0.29, 0.717) is 10.8 Å². The highest BCUT2D eigenvalue weighted by atomic mass is 35.5. The van der Waals surface area contributed by atoms with Crippen LogP contribution in [0.1, 0.15) is 43.6 Å². The van der Waals surface area contributed by atoms with Gasteiger partial charge in [0.1, 0.15) is 17.9 Å². The lowest BCUT2D eigenvalue weighted by molar-refractivity contribution is -0.138. The Morgan fingerprint density at radius 2 is 1.57 bits per heavy atom. The summed E-state index contributed by atoms with van der Waals surface area (Å²) in [6.07, 6.45) is 0. The second-order valence-electron chi connectivity index (χ2n) is 6.98. The summed E-state index contributed by atoms with van der Waals surface area (Å²) in [7, 11) is 0. The number of carbonyl (C=O) groups excluding carboxylic acids is 2. The lowest BCUT2D eigenvalue weighted by Gasteiger charge is -2.30. The largest absolute Gasteiger partial charge is 0.488 e. The highest BCUT2D eigenvalue weighted by Crippen LogP contribution is 2.21. The molecule has 0 radical (unpaired) electrons. The topological polar surface area (TPSA) is 55.8 Å². The molecule has 0 aromatic heterocycles. The van der Waals surface area contributed by atoms with Gasteiger partial charge in [0.2, 0.25) is 0 Å². The predicted molar refractivity (Wildman–Crippen MR) is 110 cm³/mol. The molecule has 5 nitrogen and oxygen atoms in total. The lowest BCUT2D eigenvalue weighted by Crippen LogP contribution is -2.44. The molecule has 0 fully saturated rings. The second kappa shape index (κ2) is 10.1. The summed E-state index contributed by atoms with van der Waals surface area (Å²) in [6, 6.07) is 14.1. The Balaban J connectivity index is 2.01. The van der Waals surface area contributed by atoms with E-state index in [0.717, 1.165) is 5.56 Å². The fourth-order valence-corrected chi connectivity index (χ4v) is 3.08. The van der Waals surface area contributed by atoms with Crippen LogP contribution < -0.4 is 4.74 Å². The minimum atomic E-state index is -0.590. The van der Waals surface area contributed by atoms with Crippen LogP contribution >= 0.6 is 11.6 Å². The molecule has 2 aromatic carbocycles. The first-order valence-electron chi connectivity index (χ1n) is 9.24. The lowest BCUT2D eigenvalue weighted by atomic mass is 10.2. The van der Waals surface area contributed by atoms with Crippen molar-refractivity contribution in [3.8, 4) is 5.75 Å². The number of hydrogen-bond donors (Lipinski definition) is 0.